The number of non-ortho nitro benzene ring substituents is 1. The highest BCUT2D eigenvalue weighted by Crippen LogP contribution is 2.37. The van der Waals surface area contributed by atoms with E-state index >= 15 is 0 Å². The third kappa shape index (κ3) is 3.73. The molecule has 0 fully saturated rings. The number of carbonyl (C=O) groups is 1. The minimum absolute atomic E-state index is 0.0114. The fourth-order valence-corrected chi connectivity index (χ4v) is 5.34. The molecule has 6 rings (SSSR count). The van der Waals surface area contributed by atoms with Gasteiger partial charge in [-0.2, -0.15) is 0 Å². The monoisotopic (exact) mass is 504 g/mol. The average molecular weight is 504 g/mol. The van der Waals surface area contributed by atoms with Gasteiger partial charge in [0.25, 0.3) is 11.2 Å². The summed E-state index contributed by atoms with van der Waals surface area (Å²) in [6.07, 6.45) is 0.0241. The van der Waals surface area contributed by atoms with Gasteiger partial charge in [-0.25, -0.2) is 9.37 Å². The topological polar surface area (TPSA) is 116 Å². The highest BCUT2D eigenvalue weighted by atomic mass is 32.2. The summed E-state index contributed by atoms with van der Waals surface area (Å²) in [5.41, 5.74) is 4.25. The summed E-state index contributed by atoms with van der Waals surface area (Å²) in [6.45, 7) is 0.619. The molecule has 0 aliphatic carbocycles. The lowest BCUT2D eigenvalue weighted by Crippen LogP contribution is -2.30. The Labute approximate surface area is 207 Å². The second kappa shape index (κ2) is 8.54. The van der Waals surface area contributed by atoms with Gasteiger partial charge >= 0.3 is 5.97 Å². The molecular weight excluding hydrogens is 487 g/mol. The number of benzene rings is 2. The van der Waals surface area contributed by atoms with E-state index in [1.54, 1.807) is 22.8 Å². The van der Waals surface area contributed by atoms with E-state index in [4.69, 9.17) is 9.72 Å². The molecule has 2 aliphatic heterocycles. The maximum atomic E-state index is 14.1. The molecule has 9 nitrogen and oxygen atoms in total. The van der Waals surface area contributed by atoms with Gasteiger partial charge in [-0.15, -0.1) is 0 Å². The molecule has 1 N–H and O–H groups in total. The number of hydrogen-bond donors (Lipinski definition) is 1. The van der Waals surface area contributed by atoms with Crippen molar-refractivity contribution in [2.24, 2.45) is 0 Å². The van der Waals surface area contributed by atoms with Crippen molar-refractivity contribution in [1.29, 1.82) is 0 Å². The van der Waals surface area contributed by atoms with Crippen LogP contribution in [0.25, 0.3) is 22.3 Å². The van der Waals surface area contributed by atoms with Gasteiger partial charge < -0.3 is 9.30 Å². The zero-order chi connectivity index (χ0) is 25.0. The molecule has 0 saturated heterocycles. The van der Waals surface area contributed by atoms with E-state index in [2.05, 4.69) is 4.72 Å². The van der Waals surface area contributed by atoms with E-state index < -0.39 is 10.7 Å². The minimum Gasteiger partial charge on any atom is -0.460 e. The number of aromatic nitrogens is 2. The molecule has 180 valence electrons. The maximum Gasteiger partial charge on any atom is 0.310 e. The summed E-state index contributed by atoms with van der Waals surface area (Å²) < 4.78 is 24.1. The molecular formula is C25H17FN4O5S. The van der Waals surface area contributed by atoms with Gasteiger partial charge in [0.2, 0.25) is 0 Å². The van der Waals surface area contributed by atoms with E-state index in [1.165, 1.54) is 36.2 Å². The standard InChI is InChI=1S/C25H17FN4O5S/c26-14-1-6-17-18(10-27-36-16-4-2-15(3-5-16)30(33)34)19-11-29-22(24(19)28-21(17)9-14)7-13-8-23(31)35-12-20(13)25(29)32/h1-7,9,27H,8,10-12H2. The van der Waals surface area contributed by atoms with Crippen molar-refractivity contribution in [2.45, 2.75) is 31.0 Å². The predicted molar refractivity (Wildman–Crippen MR) is 130 cm³/mol. The molecule has 0 amide bonds. The van der Waals surface area contributed by atoms with Crippen LogP contribution < -0.4 is 10.3 Å². The smallest absolute Gasteiger partial charge is 0.310 e. The van der Waals surface area contributed by atoms with Crippen LogP contribution in [0.4, 0.5) is 10.1 Å². The molecule has 2 aromatic heterocycles. The van der Waals surface area contributed by atoms with Crippen LogP contribution in [0.1, 0.15) is 22.3 Å². The zero-order valence-corrected chi connectivity index (χ0v) is 19.4. The molecule has 11 heteroatoms. The fourth-order valence-electron chi connectivity index (χ4n) is 4.68. The van der Waals surface area contributed by atoms with Gasteiger partial charge in [-0.1, -0.05) is 0 Å². The van der Waals surface area contributed by atoms with Crippen molar-refractivity contribution in [3.8, 4) is 11.4 Å². The largest absolute Gasteiger partial charge is 0.460 e. The SMILES string of the molecule is O=C1Cc2cc3n(c(=O)c2CO1)Cc1c-3nc2cc(F)ccc2c1CNSc1ccc([N+](=O)[O-])cc1. The summed E-state index contributed by atoms with van der Waals surface area (Å²) in [7, 11) is 0. The Kier molecular flexibility index (Phi) is 5.31. The summed E-state index contributed by atoms with van der Waals surface area (Å²) in [4.78, 5) is 41.0. The maximum absolute atomic E-state index is 14.1. The summed E-state index contributed by atoms with van der Waals surface area (Å²) in [5.74, 6) is -0.801. The van der Waals surface area contributed by atoms with Crippen molar-refractivity contribution in [3.05, 3.63) is 97.1 Å². The average Bonchev–Trinajstić information content (AvgIpc) is 3.22. The van der Waals surface area contributed by atoms with Crippen molar-refractivity contribution in [2.75, 3.05) is 0 Å². The Morgan fingerprint density at radius 3 is 2.72 bits per heavy atom. The first kappa shape index (κ1) is 22.4. The highest BCUT2D eigenvalue weighted by molar-refractivity contribution is 7.97. The lowest BCUT2D eigenvalue weighted by molar-refractivity contribution is -0.384. The van der Waals surface area contributed by atoms with Gasteiger partial charge in [0.1, 0.15) is 12.4 Å². The molecule has 0 radical (unpaired) electrons. The van der Waals surface area contributed by atoms with Gasteiger partial charge in [0.15, 0.2) is 0 Å². The molecule has 0 unspecified atom stereocenters. The van der Waals surface area contributed by atoms with Crippen LogP contribution in [0.3, 0.4) is 0 Å². The van der Waals surface area contributed by atoms with Crippen molar-refractivity contribution < 1.29 is 18.8 Å². The first-order valence-electron chi connectivity index (χ1n) is 11.1. The third-order valence-electron chi connectivity index (χ3n) is 6.42. The van der Waals surface area contributed by atoms with E-state index in [0.717, 1.165) is 21.4 Å². The second-order valence-electron chi connectivity index (χ2n) is 8.52. The Bertz CT molecular complexity index is 1650. The van der Waals surface area contributed by atoms with E-state index in [0.29, 0.717) is 41.1 Å². The number of cyclic esters (lactones) is 1. The number of rotatable bonds is 5. The number of fused-ring (bicyclic) bond motifs is 5. The molecule has 2 aromatic carbocycles. The quantitative estimate of drug-likeness (QED) is 0.166. The van der Waals surface area contributed by atoms with Gasteiger partial charge in [-0.05, 0) is 53.4 Å². The molecule has 0 spiro atoms. The van der Waals surface area contributed by atoms with Crippen LogP contribution >= 0.6 is 11.9 Å². The Hall–Kier alpha value is -4.09. The molecule has 4 aromatic rings. The normalized spacial score (nSPS) is 13.8. The van der Waals surface area contributed by atoms with Crippen LogP contribution in [0.15, 0.2) is 58.2 Å². The zero-order valence-electron chi connectivity index (χ0n) is 18.6. The lowest BCUT2D eigenvalue weighted by atomic mass is 9.99. The number of nitrogens with one attached hydrogen (secondary N) is 1. The molecule has 2 aliphatic rings. The number of pyridine rings is 2. The third-order valence-corrected chi connectivity index (χ3v) is 7.21. The summed E-state index contributed by atoms with van der Waals surface area (Å²) >= 11 is 1.31. The minimum atomic E-state index is -0.451. The van der Waals surface area contributed by atoms with Crippen molar-refractivity contribution >= 4 is 34.5 Å². The second-order valence-corrected chi connectivity index (χ2v) is 9.48. The molecule has 36 heavy (non-hydrogen) atoms. The van der Waals surface area contributed by atoms with Crippen LogP contribution in [0.2, 0.25) is 0 Å². The number of nitrogens with zero attached hydrogens (tertiary/aromatic N) is 3. The van der Waals surface area contributed by atoms with Crippen LogP contribution in [-0.4, -0.2) is 20.4 Å². The highest BCUT2D eigenvalue weighted by Gasteiger charge is 2.30. The first-order valence-corrected chi connectivity index (χ1v) is 11.9. The number of halogens is 1. The molecule has 4 heterocycles. The molecule has 0 saturated carbocycles. The van der Waals surface area contributed by atoms with Gasteiger partial charge in [-0.3, -0.25) is 24.4 Å². The van der Waals surface area contributed by atoms with Crippen molar-refractivity contribution in [3.63, 3.8) is 0 Å². The van der Waals surface area contributed by atoms with Crippen molar-refractivity contribution in [1.82, 2.24) is 14.3 Å². The van der Waals surface area contributed by atoms with E-state index in [1.807, 2.05) is 6.07 Å². The predicted octanol–water partition coefficient (Wildman–Crippen LogP) is 3.87. The first-order chi connectivity index (χ1) is 17.4. The van der Waals surface area contributed by atoms with Crippen LogP contribution in [-0.2, 0) is 35.6 Å². The lowest BCUT2D eigenvalue weighted by Gasteiger charge is -2.17. The Balaban J connectivity index is 1.39. The number of carbonyl (C=O) groups excluding carboxylic acids is 1. The van der Waals surface area contributed by atoms with E-state index in [-0.39, 0.29) is 30.2 Å². The summed E-state index contributed by atoms with van der Waals surface area (Å²) in [5, 5.41) is 11.6. The number of nitro benzene ring substituents is 1. The fraction of sp³-hybridized carbons (Fsp3) is 0.160. The van der Waals surface area contributed by atoms with Crippen LogP contribution in [0, 0.1) is 15.9 Å². The number of hydrogen-bond acceptors (Lipinski definition) is 8. The number of nitro groups is 1. The summed E-state index contributed by atoms with van der Waals surface area (Å²) in [6, 6.07) is 12.4. The molecule has 0 atom stereocenters. The number of esters is 1. The number of ether oxygens (including phenoxy) is 1. The Morgan fingerprint density at radius 2 is 1.94 bits per heavy atom. The van der Waals surface area contributed by atoms with E-state index in [9.17, 15) is 24.1 Å². The van der Waals surface area contributed by atoms with Gasteiger partial charge in [0, 0.05) is 40.6 Å². The Morgan fingerprint density at radius 1 is 1.14 bits per heavy atom. The molecule has 0 bridgehead atoms. The van der Waals surface area contributed by atoms with Gasteiger partial charge in [0.05, 0.1) is 40.4 Å². The van der Waals surface area contributed by atoms with Crippen LogP contribution in [0.5, 0.6) is 0 Å².